The van der Waals surface area contributed by atoms with Crippen molar-refractivity contribution in [3.05, 3.63) is 39.9 Å². The van der Waals surface area contributed by atoms with E-state index in [0.717, 1.165) is 22.0 Å². The van der Waals surface area contributed by atoms with Crippen LogP contribution in [0.4, 0.5) is 0 Å². The Morgan fingerprint density at radius 1 is 1.45 bits per heavy atom. The van der Waals surface area contributed by atoms with Gasteiger partial charge < -0.3 is 10.2 Å². The monoisotopic (exact) mass is 336 g/mol. The van der Waals surface area contributed by atoms with Crippen LogP contribution in [0.1, 0.15) is 17.5 Å². The van der Waals surface area contributed by atoms with Gasteiger partial charge in [-0.05, 0) is 36.6 Å². The number of hydrogen-bond donors (Lipinski definition) is 1. The zero-order valence-electron chi connectivity index (χ0n) is 11.4. The highest BCUT2D eigenvalue weighted by molar-refractivity contribution is 9.10. The molecule has 0 bridgehead atoms. The first-order valence-electron chi connectivity index (χ1n) is 6.56. The van der Waals surface area contributed by atoms with E-state index in [2.05, 4.69) is 21.2 Å². The number of carbonyl (C=O) groups is 2. The maximum atomic E-state index is 12.1. The molecule has 2 rings (SSSR count). The minimum atomic E-state index is -0.130. The predicted octanol–water partition coefficient (Wildman–Crippen LogP) is 2.12. The van der Waals surface area contributed by atoms with Crippen LogP contribution >= 0.6 is 15.9 Å². The number of benzene rings is 1. The van der Waals surface area contributed by atoms with Crippen LogP contribution in [0.25, 0.3) is 6.08 Å². The van der Waals surface area contributed by atoms with Gasteiger partial charge in [0.05, 0.1) is 6.54 Å². The Hall–Kier alpha value is -1.62. The largest absolute Gasteiger partial charge is 0.354 e. The van der Waals surface area contributed by atoms with Crippen molar-refractivity contribution < 1.29 is 9.59 Å². The second-order valence-electron chi connectivity index (χ2n) is 4.82. The summed E-state index contributed by atoms with van der Waals surface area (Å²) in [6, 6.07) is 5.95. The van der Waals surface area contributed by atoms with Gasteiger partial charge in [-0.15, -0.1) is 0 Å². The third kappa shape index (κ3) is 3.93. The van der Waals surface area contributed by atoms with E-state index in [9.17, 15) is 9.59 Å². The Morgan fingerprint density at radius 2 is 2.25 bits per heavy atom. The molecule has 1 fully saturated rings. The fourth-order valence-electron chi connectivity index (χ4n) is 2.03. The molecule has 5 heteroatoms. The van der Waals surface area contributed by atoms with E-state index in [1.54, 1.807) is 11.0 Å². The zero-order chi connectivity index (χ0) is 14.5. The molecule has 1 aliphatic heterocycles. The number of halogens is 1. The van der Waals surface area contributed by atoms with Gasteiger partial charge in [0.15, 0.2) is 0 Å². The molecule has 0 saturated carbocycles. The van der Waals surface area contributed by atoms with E-state index in [1.165, 1.54) is 6.08 Å². The van der Waals surface area contributed by atoms with E-state index in [4.69, 9.17) is 0 Å². The summed E-state index contributed by atoms with van der Waals surface area (Å²) in [7, 11) is 0. The summed E-state index contributed by atoms with van der Waals surface area (Å²) in [4.78, 5) is 25.1. The summed E-state index contributed by atoms with van der Waals surface area (Å²) in [6.45, 7) is 3.39. The van der Waals surface area contributed by atoms with Crippen LogP contribution in [0.2, 0.25) is 0 Å². The quantitative estimate of drug-likeness (QED) is 0.841. The highest BCUT2D eigenvalue weighted by atomic mass is 79.9. The van der Waals surface area contributed by atoms with Gasteiger partial charge >= 0.3 is 0 Å². The standard InChI is InChI=1S/C15H17BrN2O2/c1-11-3-4-12(13(16)9-11)5-6-15(20)18-8-2-7-17-14(19)10-18/h3-6,9H,2,7-8,10H2,1H3,(H,17,19). The molecule has 0 unspecified atom stereocenters. The number of carbonyl (C=O) groups excluding carboxylic acids is 2. The second kappa shape index (κ2) is 6.70. The molecular weight excluding hydrogens is 320 g/mol. The van der Waals surface area contributed by atoms with Crippen molar-refractivity contribution in [2.75, 3.05) is 19.6 Å². The van der Waals surface area contributed by atoms with Crippen LogP contribution in [0, 0.1) is 6.92 Å². The van der Waals surface area contributed by atoms with Gasteiger partial charge in [-0.25, -0.2) is 0 Å². The minimum Gasteiger partial charge on any atom is -0.354 e. The van der Waals surface area contributed by atoms with Crippen molar-refractivity contribution in [2.24, 2.45) is 0 Å². The molecule has 0 radical (unpaired) electrons. The van der Waals surface area contributed by atoms with E-state index < -0.39 is 0 Å². The molecule has 1 heterocycles. The van der Waals surface area contributed by atoms with Crippen molar-refractivity contribution >= 4 is 33.8 Å². The smallest absolute Gasteiger partial charge is 0.247 e. The van der Waals surface area contributed by atoms with Gasteiger partial charge in [0.1, 0.15) is 0 Å². The van der Waals surface area contributed by atoms with Crippen LogP contribution in [0.5, 0.6) is 0 Å². The Morgan fingerprint density at radius 3 is 3.00 bits per heavy atom. The lowest BCUT2D eigenvalue weighted by molar-refractivity contribution is -0.131. The van der Waals surface area contributed by atoms with Gasteiger partial charge in [-0.3, -0.25) is 9.59 Å². The van der Waals surface area contributed by atoms with Crippen LogP contribution in [0.15, 0.2) is 28.7 Å². The fourth-order valence-corrected chi connectivity index (χ4v) is 2.65. The molecule has 20 heavy (non-hydrogen) atoms. The number of amides is 2. The van der Waals surface area contributed by atoms with E-state index >= 15 is 0 Å². The first-order chi connectivity index (χ1) is 9.56. The molecule has 1 saturated heterocycles. The van der Waals surface area contributed by atoms with Gasteiger partial charge in [0.2, 0.25) is 11.8 Å². The Kier molecular flexibility index (Phi) is 4.95. The topological polar surface area (TPSA) is 49.4 Å². The number of rotatable bonds is 2. The summed E-state index contributed by atoms with van der Waals surface area (Å²) in [5.41, 5.74) is 2.10. The lowest BCUT2D eigenvalue weighted by Crippen LogP contribution is -2.36. The molecule has 1 aliphatic rings. The summed E-state index contributed by atoms with van der Waals surface area (Å²) in [5, 5.41) is 2.75. The molecule has 1 aromatic rings. The van der Waals surface area contributed by atoms with Crippen LogP contribution in [-0.4, -0.2) is 36.3 Å². The lowest BCUT2D eigenvalue weighted by atomic mass is 10.1. The molecule has 0 aromatic heterocycles. The van der Waals surface area contributed by atoms with Gasteiger partial charge in [-0.1, -0.05) is 28.1 Å². The van der Waals surface area contributed by atoms with Crippen molar-refractivity contribution in [3.8, 4) is 0 Å². The summed E-state index contributed by atoms with van der Waals surface area (Å²) < 4.78 is 0.954. The highest BCUT2D eigenvalue weighted by Gasteiger charge is 2.17. The molecule has 0 spiro atoms. The average Bonchev–Trinajstić information content (AvgIpc) is 2.62. The number of nitrogens with one attached hydrogen (secondary N) is 1. The van der Waals surface area contributed by atoms with Gasteiger partial charge in [-0.2, -0.15) is 0 Å². The molecule has 0 aliphatic carbocycles. The molecule has 1 N–H and O–H groups in total. The van der Waals surface area contributed by atoms with E-state index in [-0.39, 0.29) is 18.4 Å². The molecular formula is C15H17BrN2O2. The average molecular weight is 337 g/mol. The maximum absolute atomic E-state index is 12.1. The van der Waals surface area contributed by atoms with Crippen molar-refractivity contribution in [1.29, 1.82) is 0 Å². The molecule has 106 valence electrons. The van der Waals surface area contributed by atoms with Gasteiger partial charge in [0, 0.05) is 23.6 Å². The van der Waals surface area contributed by atoms with Crippen molar-refractivity contribution in [1.82, 2.24) is 10.2 Å². The minimum absolute atomic E-state index is 0.0965. The molecule has 2 amide bonds. The van der Waals surface area contributed by atoms with Crippen LogP contribution in [-0.2, 0) is 9.59 Å². The molecule has 0 atom stereocenters. The second-order valence-corrected chi connectivity index (χ2v) is 5.68. The maximum Gasteiger partial charge on any atom is 0.247 e. The Bertz CT molecular complexity index is 555. The number of hydrogen-bond acceptors (Lipinski definition) is 2. The summed E-state index contributed by atoms with van der Waals surface area (Å²) >= 11 is 3.48. The zero-order valence-corrected chi connectivity index (χ0v) is 12.9. The predicted molar refractivity (Wildman–Crippen MR) is 82.1 cm³/mol. The lowest BCUT2D eigenvalue weighted by Gasteiger charge is -2.16. The van der Waals surface area contributed by atoms with Crippen LogP contribution in [0.3, 0.4) is 0 Å². The SMILES string of the molecule is Cc1ccc(C=CC(=O)N2CCCNC(=O)C2)c(Br)c1. The molecule has 1 aromatic carbocycles. The summed E-state index contributed by atoms with van der Waals surface area (Å²) in [6.07, 6.45) is 4.09. The Labute approximate surface area is 127 Å². The van der Waals surface area contributed by atoms with E-state index in [1.807, 2.05) is 25.1 Å². The number of aryl methyl sites for hydroxylation is 1. The normalized spacial score (nSPS) is 16.1. The third-order valence-electron chi connectivity index (χ3n) is 3.13. The number of nitrogens with zero attached hydrogens (tertiary/aromatic N) is 1. The summed E-state index contributed by atoms with van der Waals surface area (Å²) in [5.74, 6) is -0.227. The Balaban J connectivity index is 2.06. The van der Waals surface area contributed by atoms with Crippen molar-refractivity contribution in [3.63, 3.8) is 0 Å². The first kappa shape index (κ1) is 14.8. The molecule has 4 nitrogen and oxygen atoms in total. The van der Waals surface area contributed by atoms with Crippen molar-refractivity contribution in [2.45, 2.75) is 13.3 Å². The third-order valence-corrected chi connectivity index (χ3v) is 3.82. The van der Waals surface area contributed by atoms with E-state index in [0.29, 0.717) is 13.1 Å². The van der Waals surface area contributed by atoms with Gasteiger partial charge in [0.25, 0.3) is 0 Å². The first-order valence-corrected chi connectivity index (χ1v) is 7.35. The highest BCUT2D eigenvalue weighted by Crippen LogP contribution is 2.19. The fraction of sp³-hybridized carbons (Fsp3) is 0.333. The van der Waals surface area contributed by atoms with Crippen LogP contribution < -0.4 is 5.32 Å².